The molecule has 1 heterocycles. The van der Waals surface area contributed by atoms with Crippen LogP contribution in [0.4, 0.5) is 0 Å². The van der Waals surface area contributed by atoms with E-state index in [9.17, 15) is 9.59 Å². The van der Waals surface area contributed by atoms with E-state index < -0.39 is 0 Å². The Bertz CT molecular complexity index is 1120. The minimum absolute atomic E-state index is 0.100. The lowest BCUT2D eigenvalue weighted by Gasteiger charge is -2.17. The highest BCUT2D eigenvalue weighted by atomic mass is 79.9. The molecule has 0 saturated heterocycles. The van der Waals surface area contributed by atoms with E-state index in [1.165, 1.54) is 11.8 Å². The Balaban J connectivity index is 1.79. The lowest BCUT2D eigenvalue weighted by molar-refractivity contribution is -0.119. The average Bonchev–Trinajstić information content (AvgIpc) is 2.72. The van der Waals surface area contributed by atoms with Gasteiger partial charge < -0.3 is 10.1 Å². The minimum atomic E-state index is -0.144. The Hall–Kier alpha value is -2.16. The lowest BCUT2D eigenvalue weighted by atomic mass is 10.0. The van der Waals surface area contributed by atoms with Gasteiger partial charge in [-0.25, -0.2) is 4.98 Å². The summed E-state index contributed by atoms with van der Waals surface area (Å²) in [6.07, 6.45) is 0. The third-order valence-corrected chi connectivity index (χ3v) is 6.23. The molecule has 3 rings (SSSR count). The molecule has 3 aromatic rings. The number of aromatic nitrogens is 2. The van der Waals surface area contributed by atoms with E-state index in [2.05, 4.69) is 26.2 Å². The molecular weight excluding hydrogens is 466 g/mol. The van der Waals surface area contributed by atoms with Crippen molar-refractivity contribution in [3.05, 3.63) is 68.4 Å². The smallest absolute Gasteiger partial charge is 0.262 e. The summed E-state index contributed by atoms with van der Waals surface area (Å²) >= 11 is 4.65. The molecule has 1 N–H and O–H groups in total. The van der Waals surface area contributed by atoms with Gasteiger partial charge in [0.05, 0.1) is 35.8 Å². The summed E-state index contributed by atoms with van der Waals surface area (Å²) in [4.78, 5) is 30.2. The first kappa shape index (κ1) is 22.5. The number of benzene rings is 2. The van der Waals surface area contributed by atoms with E-state index in [1.807, 2.05) is 44.2 Å². The predicted molar refractivity (Wildman–Crippen MR) is 124 cm³/mol. The van der Waals surface area contributed by atoms with Gasteiger partial charge in [-0.2, -0.15) is 0 Å². The number of nitrogens with zero attached hydrogens (tertiary/aromatic N) is 2. The fourth-order valence-corrected chi connectivity index (χ4v) is 4.42. The Morgan fingerprint density at radius 2 is 2.07 bits per heavy atom. The molecule has 158 valence electrons. The number of fused-ring (bicyclic) bond motifs is 1. The van der Waals surface area contributed by atoms with Gasteiger partial charge in [-0.05, 0) is 43.2 Å². The predicted octanol–water partition coefficient (Wildman–Crippen LogP) is 4.08. The van der Waals surface area contributed by atoms with Crippen LogP contribution in [0.5, 0.6) is 0 Å². The van der Waals surface area contributed by atoms with E-state index in [-0.39, 0.29) is 23.3 Å². The van der Waals surface area contributed by atoms with Gasteiger partial charge in [-0.3, -0.25) is 14.2 Å². The molecule has 1 unspecified atom stereocenters. The van der Waals surface area contributed by atoms with Crippen LogP contribution < -0.4 is 10.9 Å². The second kappa shape index (κ2) is 10.2. The second-order valence-electron chi connectivity index (χ2n) is 6.94. The molecule has 0 fully saturated rings. The van der Waals surface area contributed by atoms with E-state index in [0.29, 0.717) is 29.2 Å². The zero-order chi connectivity index (χ0) is 21.7. The van der Waals surface area contributed by atoms with Crippen molar-refractivity contribution in [1.82, 2.24) is 14.9 Å². The van der Waals surface area contributed by atoms with Gasteiger partial charge in [0.1, 0.15) is 0 Å². The third-order valence-electron chi connectivity index (χ3n) is 4.77. The molecule has 0 aliphatic heterocycles. The SMILES string of the molecule is COCCn1c(SCC(=O)NC(C)c2ccccc2C)nc2ccc(Br)cc2c1=O. The molecule has 0 spiro atoms. The molecule has 0 bridgehead atoms. The summed E-state index contributed by atoms with van der Waals surface area (Å²) in [6.45, 7) is 4.74. The van der Waals surface area contributed by atoms with Crippen molar-refractivity contribution < 1.29 is 9.53 Å². The van der Waals surface area contributed by atoms with Crippen LogP contribution in [0.2, 0.25) is 0 Å². The number of carbonyl (C=O) groups is 1. The molecule has 2 aromatic carbocycles. The van der Waals surface area contributed by atoms with Gasteiger partial charge in [0.2, 0.25) is 5.91 Å². The molecule has 8 heteroatoms. The number of amides is 1. The van der Waals surface area contributed by atoms with Crippen LogP contribution in [0.3, 0.4) is 0 Å². The van der Waals surface area contributed by atoms with Crippen molar-refractivity contribution in [1.29, 1.82) is 0 Å². The molecule has 6 nitrogen and oxygen atoms in total. The van der Waals surface area contributed by atoms with Crippen LogP contribution in [-0.4, -0.2) is 34.9 Å². The molecule has 0 aliphatic rings. The first-order chi connectivity index (χ1) is 14.4. The molecule has 1 amide bonds. The van der Waals surface area contributed by atoms with Gasteiger partial charge in [0.25, 0.3) is 5.56 Å². The number of hydrogen-bond donors (Lipinski definition) is 1. The minimum Gasteiger partial charge on any atom is -0.383 e. The number of methoxy groups -OCH3 is 1. The van der Waals surface area contributed by atoms with Gasteiger partial charge in [-0.1, -0.05) is 52.0 Å². The summed E-state index contributed by atoms with van der Waals surface area (Å²) in [5, 5.41) is 4.06. The number of carbonyl (C=O) groups excluding carboxylic acids is 1. The van der Waals surface area contributed by atoms with E-state index >= 15 is 0 Å². The number of halogens is 1. The Labute approximate surface area is 188 Å². The Morgan fingerprint density at radius 3 is 2.80 bits per heavy atom. The normalized spacial score (nSPS) is 12.1. The Morgan fingerprint density at radius 1 is 1.30 bits per heavy atom. The van der Waals surface area contributed by atoms with Gasteiger partial charge >= 0.3 is 0 Å². The van der Waals surface area contributed by atoms with Crippen molar-refractivity contribution in [2.75, 3.05) is 19.5 Å². The molecule has 0 radical (unpaired) electrons. The fourth-order valence-electron chi connectivity index (χ4n) is 3.23. The van der Waals surface area contributed by atoms with Crippen LogP contribution in [0.1, 0.15) is 24.1 Å². The largest absolute Gasteiger partial charge is 0.383 e. The molecular formula is C22H24BrN3O3S. The number of ether oxygens (including phenoxy) is 1. The highest BCUT2D eigenvalue weighted by Gasteiger charge is 2.16. The number of aryl methyl sites for hydroxylation is 1. The fraction of sp³-hybridized carbons (Fsp3) is 0.318. The molecule has 1 atom stereocenters. The number of nitrogens with one attached hydrogen (secondary N) is 1. The number of rotatable bonds is 8. The van der Waals surface area contributed by atoms with E-state index in [4.69, 9.17) is 4.74 Å². The highest BCUT2D eigenvalue weighted by Crippen LogP contribution is 2.21. The van der Waals surface area contributed by atoms with Crippen molar-refractivity contribution in [3.8, 4) is 0 Å². The highest BCUT2D eigenvalue weighted by molar-refractivity contribution is 9.10. The lowest BCUT2D eigenvalue weighted by Crippen LogP contribution is -2.30. The van der Waals surface area contributed by atoms with E-state index in [1.54, 1.807) is 23.8 Å². The van der Waals surface area contributed by atoms with Crippen molar-refractivity contribution >= 4 is 44.5 Å². The van der Waals surface area contributed by atoms with Crippen molar-refractivity contribution in [3.63, 3.8) is 0 Å². The Kier molecular flexibility index (Phi) is 7.69. The molecule has 0 saturated carbocycles. The van der Waals surface area contributed by atoms with Gasteiger partial charge in [-0.15, -0.1) is 0 Å². The van der Waals surface area contributed by atoms with Crippen LogP contribution in [0.25, 0.3) is 10.9 Å². The second-order valence-corrected chi connectivity index (χ2v) is 8.80. The van der Waals surface area contributed by atoms with E-state index in [0.717, 1.165) is 15.6 Å². The average molecular weight is 490 g/mol. The quantitative estimate of drug-likeness (QED) is 0.381. The zero-order valence-corrected chi connectivity index (χ0v) is 19.5. The van der Waals surface area contributed by atoms with Crippen LogP contribution in [0, 0.1) is 6.92 Å². The maximum atomic E-state index is 13.0. The third kappa shape index (κ3) is 5.30. The van der Waals surface area contributed by atoms with Crippen molar-refractivity contribution in [2.24, 2.45) is 0 Å². The maximum Gasteiger partial charge on any atom is 0.262 e. The maximum absolute atomic E-state index is 13.0. The molecule has 0 aliphatic carbocycles. The van der Waals surface area contributed by atoms with Crippen molar-refractivity contribution in [2.45, 2.75) is 31.6 Å². The van der Waals surface area contributed by atoms with Crippen LogP contribution >= 0.6 is 27.7 Å². The molecule has 30 heavy (non-hydrogen) atoms. The topological polar surface area (TPSA) is 73.2 Å². The first-order valence-electron chi connectivity index (χ1n) is 9.57. The number of thioether (sulfide) groups is 1. The van der Waals surface area contributed by atoms with Gasteiger partial charge in [0, 0.05) is 11.6 Å². The monoisotopic (exact) mass is 489 g/mol. The summed E-state index contributed by atoms with van der Waals surface area (Å²) in [5.41, 5.74) is 2.68. The summed E-state index contributed by atoms with van der Waals surface area (Å²) in [6, 6.07) is 13.3. The summed E-state index contributed by atoms with van der Waals surface area (Å²) < 4.78 is 7.53. The first-order valence-corrected chi connectivity index (χ1v) is 11.3. The zero-order valence-electron chi connectivity index (χ0n) is 17.1. The van der Waals surface area contributed by atoms with Gasteiger partial charge in [0.15, 0.2) is 5.16 Å². The van der Waals surface area contributed by atoms with Crippen LogP contribution in [-0.2, 0) is 16.1 Å². The standard InChI is InChI=1S/C22H24BrN3O3S/c1-14-6-4-5-7-17(14)15(2)24-20(27)13-30-22-25-19-9-8-16(23)12-18(19)21(28)26(22)10-11-29-3/h4-9,12,15H,10-11,13H2,1-3H3,(H,24,27). The molecule has 1 aromatic heterocycles. The van der Waals surface area contributed by atoms with Crippen LogP contribution in [0.15, 0.2) is 56.9 Å². The summed E-state index contributed by atoms with van der Waals surface area (Å²) in [7, 11) is 1.59. The number of hydrogen-bond acceptors (Lipinski definition) is 5. The summed E-state index contributed by atoms with van der Waals surface area (Å²) in [5.74, 6) is 0.0525.